The van der Waals surface area contributed by atoms with Crippen LogP contribution in [0, 0.1) is 17.1 Å². The van der Waals surface area contributed by atoms with E-state index in [-0.39, 0.29) is 5.82 Å². The van der Waals surface area contributed by atoms with Crippen LogP contribution >= 0.6 is 12.2 Å². The molecule has 21 heavy (non-hydrogen) atoms. The predicted molar refractivity (Wildman–Crippen MR) is 85.2 cm³/mol. The van der Waals surface area contributed by atoms with E-state index in [1.54, 1.807) is 12.1 Å². The molecule has 0 radical (unpaired) electrons. The minimum Gasteiger partial charge on any atom is -0.358 e. The lowest BCUT2D eigenvalue weighted by molar-refractivity contribution is 0.627. The standard InChI is InChI=1S/C16H14FN3S/c17-14-5-1-13(2-6-14)11-19-16(21)20-15-7-3-12(4-8-15)9-10-18/h1-8H,9,11H2,(H2,19,20,21). The summed E-state index contributed by atoms with van der Waals surface area (Å²) in [7, 11) is 0. The first-order valence-electron chi connectivity index (χ1n) is 6.42. The third-order valence-corrected chi connectivity index (χ3v) is 3.11. The number of benzene rings is 2. The molecule has 0 spiro atoms. The van der Waals surface area contributed by atoms with Gasteiger partial charge in [0.1, 0.15) is 5.82 Å². The van der Waals surface area contributed by atoms with Crippen molar-refractivity contribution in [3.63, 3.8) is 0 Å². The SMILES string of the molecule is N#CCc1ccc(NC(=S)NCc2ccc(F)cc2)cc1. The summed E-state index contributed by atoms with van der Waals surface area (Å²) in [6.45, 7) is 0.526. The smallest absolute Gasteiger partial charge is 0.171 e. The van der Waals surface area contributed by atoms with Gasteiger partial charge < -0.3 is 10.6 Å². The fourth-order valence-electron chi connectivity index (χ4n) is 1.76. The van der Waals surface area contributed by atoms with E-state index in [4.69, 9.17) is 17.5 Å². The summed E-state index contributed by atoms with van der Waals surface area (Å²) < 4.78 is 12.8. The molecule has 0 fully saturated rings. The molecule has 3 nitrogen and oxygen atoms in total. The van der Waals surface area contributed by atoms with Crippen molar-refractivity contribution in [2.45, 2.75) is 13.0 Å². The Kier molecular flexibility index (Phi) is 5.24. The molecule has 0 aliphatic heterocycles. The van der Waals surface area contributed by atoms with Crippen LogP contribution in [0.4, 0.5) is 10.1 Å². The molecule has 0 saturated heterocycles. The number of hydrogen-bond donors (Lipinski definition) is 2. The van der Waals surface area contributed by atoms with E-state index in [0.29, 0.717) is 18.1 Å². The van der Waals surface area contributed by atoms with Crippen LogP contribution in [0.1, 0.15) is 11.1 Å². The average molecular weight is 299 g/mol. The fraction of sp³-hybridized carbons (Fsp3) is 0.125. The molecule has 2 aromatic carbocycles. The van der Waals surface area contributed by atoms with Crippen LogP contribution in [0.5, 0.6) is 0 Å². The second-order valence-corrected chi connectivity index (χ2v) is 4.87. The van der Waals surface area contributed by atoms with E-state index >= 15 is 0 Å². The van der Waals surface area contributed by atoms with Crippen molar-refractivity contribution in [2.75, 3.05) is 5.32 Å². The first-order valence-corrected chi connectivity index (χ1v) is 6.83. The first kappa shape index (κ1) is 14.9. The summed E-state index contributed by atoms with van der Waals surface area (Å²) in [5.74, 6) is -0.253. The average Bonchev–Trinajstić information content (AvgIpc) is 2.49. The normalized spacial score (nSPS) is 9.71. The van der Waals surface area contributed by atoms with Gasteiger partial charge in [-0.1, -0.05) is 24.3 Å². The van der Waals surface area contributed by atoms with Crippen molar-refractivity contribution >= 4 is 23.0 Å². The molecule has 0 aliphatic carbocycles. The van der Waals surface area contributed by atoms with Gasteiger partial charge in [0.15, 0.2) is 5.11 Å². The maximum Gasteiger partial charge on any atom is 0.171 e. The molecule has 0 aliphatic rings. The van der Waals surface area contributed by atoms with Gasteiger partial charge in [0, 0.05) is 12.2 Å². The number of nitrogens with one attached hydrogen (secondary N) is 2. The molecule has 0 unspecified atom stereocenters. The van der Waals surface area contributed by atoms with Crippen molar-refractivity contribution in [3.05, 3.63) is 65.5 Å². The maximum atomic E-state index is 12.8. The van der Waals surface area contributed by atoms with E-state index < -0.39 is 0 Å². The molecule has 2 rings (SSSR count). The summed E-state index contributed by atoms with van der Waals surface area (Å²) in [5.41, 5.74) is 2.77. The Bertz CT molecular complexity index is 645. The second kappa shape index (κ2) is 7.36. The van der Waals surface area contributed by atoms with Gasteiger partial charge in [0.2, 0.25) is 0 Å². The van der Waals surface area contributed by atoms with E-state index in [0.717, 1.165) is 16.8 Å². The number of anilines is 1. The number of nitrogens with zero attached hydrogens (tertiary/aromatic N) is 1. The zero-order valence-electron chi connectivity index (χ0n) is 11.3. The molecule has 0 saturated carbocycles. The Morgan fingerprint density at radius 3 is 2.29 bits per heavy atom. The van der Waals surface area contributed by atoms with Crippen LogP contribution in [-0.2, 0) is 13.0 Å². The van der Waals surface area contributed by atoms with Gasteiger partial charge in [0.25, 0.3) is 0 Å². The van der Waals surface area contributed by atoms with Gasteiger partial charge in [-0.3, -0.25) is 0 Å². The second-order valence-electron chi connectivity index (χ2n) is 4.47. The predicted octanol–water partition coefficient (Wildman–Crippen LogP) is 3.38. The highest BCUT2D eigenvalue weighted by molar-refractivity contribution is 7.80. The van der Waals surface area contributed by atoms with Crippen LogP contribution in [-0.4, -0.2) is 5.11 Å². The lowest BCUT2D eigenvalue weighted by atomic mass is 10.1. The quantitative estimate of drug-likeness (QED) is 0.850. The van der Waals surface area contributed by atoms with Gasteiger partial charge in [-0.2, -0.15) is 5.26 Å². The van der Waals surface area contributed by atoms with Crippen LogP contribution < -0.4 is 10.6 Å². The van der Waals surface area contributed by atoms with Gasteiger partial charge in [-0.05, 0) is 47.6 Å². The monoisotopic (exact) mass is 299 g/mol. The molecular formula is C16H14FN3S. The van der Waals surface area contributed by atoms with Gasteiger partial charge in [0.05, 0.1) is 12.5 Å². The molecule has 2 aromatic rings. The van der Waals surface area contributed by atoms with Crippen molar-refractivity contribution < 1.29 is 4.39 Å². The van der Waals surface area contributed by atoms with Crippen molar-refractivity contribution in [3.8, 4) is 6.07 Å². The topological polar surface area (TPSA) is 47.9 Å². The number of rotatable bonds is 4. The van der Waals surface area contributed by atoms with Crippen molar-refractivity contribution in [1.82, 2.24) is 5.32 Å². The Morgan fingerprint density at radius 1 is 1.05 bits per heavy atom. The first-order chi connectivity index (χ1) is 10.2. The van der Waals surface area contributed by atoms with E-state index in [2.05, 4.69) is 16.7 Å². The van der Waals surface area contributed by atoms with Crippen LogP contribution in [0.25, 0.3) is 0 Å². The van der Waals surface area contributed by atoms with Crippen LogP contribution in [0.2, 0.25) is 0 Å². The molecule has 0 atom stereocenters. The Hall–Kier alpha value is -2.45. The third kappa shape index (κ3) is 4.86. The number of nitriles is 1. The van der Waals surface area contributed by atoms with E-state index in [9.17, 15) is 4.39 Å². The summed E-state index contributed by atoms with van der Waals surface area (Å²) in [6, 6.07) is 15.9. The van der Waals surface area contributed by atoms with Crippen molar-refractivity contribution in [2.24, 2.45) is 0 Å². The summed E-state index contributed by atoms with van der Waals surface area (Å²) in [5, 5.41) is 15.2. The largest absolute Gasteiger partial charge is 0.358 e. The van der Waals surface area contributed by atoms with Gasteiger partial charge >= 0.3 is 0 Å². The number of thiocarbonyl (C=S) groups is 1. The van der Waals surface area contributed by atoms with E-state index in [1.165, 1.54) is 12.1 Å². The third-order valence-electron chi connectivity index (χ3n) is 2.86. The molecular weight excluding hydrogens is 285 g/mol. The molecule has 2 N–H and O–H groups in total. The highest BCUT2D eigenvalue weighted by Crippen LogP contribution is 2.10. The molecule has 0 bridgehead atoms. The minimum atomic E-state index is -0.253. The Labute approximate surface area is 128 Å². The Balaban J connectivity index is 1.84. The summed E-state index contributed by atoms with van der Waals surface area (Å²) in [6.07, 6.45) is 0.396. The maximum absolute atomic E-state index is 12.8. The van der Waals surface area contributed by atoms with Gasteiger partial charge in [-0.15, -0.1) is 0 Å². The fourth-order valence-corrected chi connectivity index (χ4v) is 1.95. The lowest BCUT2D eigenvalue weighted by Crippen LogP contribution is -2.27. The zero-order chi connectivity index (χ0) is 15.1. The molecule has 106 valence electrons. The molecule has 5 heteroatoms. The van der Waals surface area contributed by atoms with Crippen molar-refractivity contribution in [1.29, 1.82) is 5.26 Å². The van der Waals surface area contributed by atoms with E-state index in [1.807, 2.05) is 24.3 Å². The molecule has 0 heterocycles. The minimum absolute atomic E-state index is 0.253. The number of halogens is 1. The highest BCUT2D eigenvalue weighted by atomic mass is 32.1. The zero-order valence-corrected chi connectivity index (χ0v) is 12.1. The van der Waals surface area contributed by atoms with Crippen LogP contribution in [0.15, 0.2) is 48.5 Å². The summed E-state index contributed by atoms with van der Waals surface area (Å²) >= 11 is 5.20. The Morgan fingerprint density at radius 2 is 1.67 bits per heavy atom. The molecule has 0 aromatic heterocycles. The summed E-state index contributed by atoms with van der Waals surface area (Å²) in [4.78, 5) is 0. The lowest BCUT2D eigenvalue weighted by Gasteiger charge is -2.11. The number of hydrogen-bond acceptors (Lipinski definition) is 2. The van der Waals surface area contributed by atoms with Gasteiger partial charge in [-0.25, -0.2) is 4.39 Å². The van der Waals surface area contributed by atoms with Crippen LogP contribution in [0.3, 0.4) is 0 Å². The molecule has 0 amide bonds. The highest BCUT2D eigenvalue weighted by Gasteiger charge is 1.99.